The number of rotatable bonds is 5. The maximum Gasteiger partial charge on any atom is 0.224 e. The fraction of sp³-hybridized carbons (Fsp3) is 0.632. The van der Waals surface area contributed by atoms with Crippen LogP contribution in [-0.2, 0) is 22.6 Å². The molecule has 148 valence electrons. The lowest BCUT2D eigenvalue weighted by atomic mass is 10.0. The molecule has 1 amide bonds. The molecule has 7 heteroatoms. The number of nitrogens with one attached hydrogen (secondary N) is 1. The maximum atomic E-state index is 12.3. The second-order valence-electron chi connectivity index (χ2n) is 7.16. The van der Waals surface area contributed by atoms with E-state index >= 15 is 0 Å². The molecule has 1 saturated carbocycles. The van der Waals surface area contributed by atoms with Crippen LogP contribution >= 0.6 is 24.8 Å². The summed E-state index contributed by atoms with van der Waals surface area (Å²) in [4.78, 5) is 14.7. The minimum absolute atomic E-state index is 0. The van der Waals surface area contributed by atoms with Gasteiger partial charge in [0.15, 0.2) is 0 Å². The fourth-order valence-corrected chi connectivity index (χ4v) is 3.76. The number of halogens is 2. The molecule has 1 aromatic rings. The number of hydrogen-bond acceptors (Lipinski definition) is 4. The van der Waals surface area contributed by atoms with Crippen molar-refractivity contribution in [3.63, 3.8) is 0 Å². The van der Waals surface area contributed by atoms with Gasteiger partial charge in [0.1, 0.15) is 0 Å². The van der Waals surface area contributed by atoms with Gasteiger partial charge in [-0.2, -0.15) is 0 Å². The van der Waals surface area contributed by atoms with Gasteiger partial charge in [0, 0.05) is 32.2 Å². The van der Waals surface area contributed by atoms with Crippen LogP contribution in [0.3, 0.4) is 0 Å². The van der Waals surface area contributed by atoms with Gasteiger partial charge in [-0.15, -0.1) is 24.8 Å². The third-order valence-corrected chi connectivity index (χ3v) is 5.10. The Morgan fingerprint density at radius 2 is 2.08 bits per heavy atom. The molecule has 0 aromatic heterocycles. The normalized spacial score (nSPS) is 25.8. The van der Waals surface area contributed by atoms with E-state index in [4.69, 9.17) is 10.5 Å². The Kier molecular flexibility index (Phi) is 9.90. The summed E-state index contributed by atoms with van der Waals surface area (Å²) in [6, 6.07) is 8.51. The van der Waals surface area contributed by atoms with E-state index in [9.17, 15) is 4.79 Å². The predicted molar refractivity (Wildman–Crippen MR) is 109 cm³/mol. The summed E-state index contributed by atoms with van der Waals surface area (Å²) in [5, 5.41) is 3.06. The van der Waals surface area contributed by atoms with Gasteiger partial charge in [0.25, 0.3) is 0 Å². The summed E-state index contributed by atoms with van der Waals surface area (Å²) in [5.74, 6) is 0.0930. The van der Waals surface area contributed by atoms with Gasteiger partial charge in [-0.3, -0.25) is 9.69 Å². The van der Waals surface area contributed by atoms with E-state index in [1.54, 1.807) is 0 Å². The van der Waals surface area contributed by atoms with E-state index in [0.29, 0.717) is 12.6 Å². The Labute approximate surface area is 168 Å². The van der Waals surface area contributed by atoms with Crippen molar-refractivity contribution in [1.82, 2.24) is 10.2 Å². The molecule has 0 spiro atoms. The molecule has 2 fully saturated rings. The van der Waals surface area contributed by atoms with E-state index in [2.05, 4.69) is 41.4 Å². The molecule has 0 bridgehead atoms. The standard InChI is InChI=1S/C19H29N3O2.2ClH/c1-14-12-22(8-9-24-14)13-16-5-2-4-15(10-16)11-21-19(23)17-6-3-7-18(17)20;;/h2,4-5,10,14,17-18H,3,6-9,11-13,20H2,1H3,(H,21,23);2*1H. The number of nitrogens with two attached hydrogens (primary N) is 1. The first-order valence-electron chi connectivity index (χ1n) is 9.07. The number of ether oxygens (including phenoxy) is 1. The number of carbonyl (C=O) groups is 1. The SMILES string of the molecule is CC1CN(Cc2cccc(CNC(=O)C3CCCC3N)c2)CCO1.Cl.Cl. The minimum Gasteiger partial charge on any atom is -0.376 e. The highest BCUT2D eigenvalue weighted by atomic mass is 35.5. The zero-order valence-corrected chi connectivity index (χ0v) is 17.0. The van der Waals surface area contributed by atoms with Crippen LogP contribution in [-0.4, -0.2) is 42.6 Å². The number of carbonyl (C=O) groups excluding carboxylic acids is 1. The molecule has 1 aliphatic heterocycles. The van der Waals surface area contributed by atoms with Crippen LogP contribution in [0, 0.1) is 5.92 Å². The molecule has 0 radical (unpaired) electrons. The monoisotopic (exact) mass is 403 g/mol. The van der Waals surface area contributed by atoms with Crippen LogP contribution in [0.4, 0.5) is 0 Å². The lowest BCUT2D eigenvalue weighted by Gasteiger charge is -2.31. The Morgan fingerprint density at radius 1 is 1.31 bits per heavy atom. The molecule has 3 rings (SSSR count). The van der Waals surface area contributed by atoms with E-state index < -0.39 is 0 Å². The van der Waals surface area contributed by atoms with Crippen molar-refractivity contribution in [3.05, 3.63) is 35.4 Å². The molecule has 5 nitrogen and oxygen atoms in total. The fourth-order valence-electron chi connectivity index (χ4n) is 3.76. The minimum atomic E-state index is -0.0111. The first-order chi connectivity index (χ1) is 11.6. The molecule has 3 atom stereocenters. The van der Waals surface area contributed by atoms with Crippen LogP contribution in [0.25, 0.3) is 0 Å². The van der Waals surface area contributed by atoms with Crippen molar-refractivity contribution in [1.29, 1.82) is 0 Å². The maximum absolute atomic E-state index is 12.3. The van der Waals surface area contributed by atoms with Crippen LogP contribution in [0.15, 0.2) is 24.3 Å². The third kappa shape index (κ3) is 6.39. The van der Waals surface area contributed by atoms with E-state index in [0.717, 1.165) is 51.1 Å². The van der Waals surface area contributed by atoms with Crippen LogP contribution in [0.2, 0.25) is 0 Å². The highest BCUT2D eigenvalue weighted by Crippen LogP contribution is 2.24. The predicted octanol–water partition coefficient (Wildman–Crippen LogP) is 2.49. The molecule has 1 heterocycles. The number of morpholine rings is 1. The zero-order valence-electron chi connectivity index (χ0n) is 15.4. The first-order valence-corrected chi connectivity index (χ1v) is 9.07. The summed E-state index contributed by atoms with van der Waals surface area (Å²) in [5.41, 5.74) is 8.44. The number of nitrogens with zero attached hydrogens (tertiary/aromatic N) is 1. The molecule has 1 aliphatic carbocycles. The highest BCUT2D eigenvalue weighted by molar-refractivity contribution is 5.85. The second-order valence-corrected chi connectivity index (χ2v) is 7.16. The lowest BCUT2D eigenvalue weighted by Crippen LogP contribution is -2.40. The average molecular weight is 404 g/mol. The zero-order chi connectivity index (χ0) is 16.9. The molecule has 2 aliphatic rings. The van der Waals surface area contributed by atoms with Crippen molar-refractivity contribution in [2.75, 3.05) is 19.7 Å². The van der Waals surface area contributed by atoms with Crippen molar-refractivity contribution < 1.29 is 9.53 Å². The first kappa shape index (κ1) is 23.2. The third-order valence-electron chi connectivity index (χ3n) is 5.10. The van der Waals surface area contributed by atoms with Gasteiger partial charge in [-0.1, -0.05) is 30.7 Å². The van der Waals surface area contributed by atoms with Gasteiger partial charge in [-0.05, 0) is 30.9 Å². The van der Waals surface area contributed by atoms with E-state index in [1.807, 2.05) is 0 Å². The molecule has 1 aromatic carbocycles. The van der Waals surface area contributed by atoms with E-state index in [1.165, 1.54) is 5.56 Å². The van der Waals surface area contributed by atoms with Crippen LogP contribution < -0.4 is 11.1 Å². The number of hydrogen-bond donors (Lipinski definition) is 2. The summed E-state index contributed by atoms with van der Waals surface area (Å²) in [7, 11) is 0. The molecule has 3 N–H and O–H groups in total. The summed E-state index contributed by atoms with van der Waals surface area (Å²) >= 11 is 0. The summed E-state index contributed by atoms with van der Waals surface area (Å²) in [6.45, 7) is 6.38. The van der Waals surface area contributed by atoms with Crippen LogP contribution in [0.1, 0.15) is 37.3 Å². The van der Waals surface area contributed by atoms with Gasteiger partial charge in [-0.25, -0.2) is 0 Å². The largest absolute Gasteiger partial charge is 0.376 e. The Morgan fingerprint density at radius 3 is 2.77 bits per heavy atom. The van der Waals surface area contributed by atoms with Crippen molar-refractivity contribution in [3.8, 4) is 0 Å². The van der Waals surface area contributed by atoms with Gasteiger partial charge in [0.2, 0.25) is 5.91 Å². The van der Waals surface area contributed by atoms with Gasteiger partial charge in [0.05, 0.1) is 18.6 Å². The van der Waals surface area contributed by atoms with Gasteiger partial charge >= 0.3 is 0 Å². The molecule has 26 heavy (non-hydrogen) atoms. The quantitative estimate of drug-likeness (QED) is 0.792. The number of benzene rings is 1. The lowest BCUT2D eigenvalue weighted by molar-refractivity contribution is -0.125. The van der Waals surface area contributed by atoms with E-state index in [-0.39, 0.29) is 42.7 Å². The van der Waals surface area contributed by atoms with Crippen LogP contribution in [0.5, 0.6) is 0 Å². The number of amides is 1. The highest BCUT2D eigenvalue weighted by Gasteiger charge is 2.29. The molecular weight excluding hydrogens is 373 g/mol. The summed E-state index contributed by atoms with van der Waals surface area (Å²) in [6.07, 6.45) is 3.25. The Balaban J connectivity index is 0.00000169. The average Bonchev–Trinajstić information content (AvgIpc) is 2.99. The van der Waals surface area contributed by atoms with Crippen molar-refractivity contribution in [2.24, 2.45) is 11.7 Å². The molecule has 3 unspecified atom stereocenters. The Hall–Kier alpha value is -0.850. The second kappa shape index (κ2) is 11.1. The summed E-state index contributed by atoms with van der Waals surface area (Å²) < 4.78 is 5.59. The molecular formula is C19H31Cl2N3O2. The topological polar surface area (TPSA) is 67.6 Å². The van der Waals surface area contributed by atoms with Crippen molar-refractivity contribution in [2.45, 2.75) is 51.4 Å². The van der Waals surface area contributed by atoms with Gasteiger partial charge < -0.3 is 15.8 Å². The molecule has 1 saturated heterocycles. The smallest absolute Gasteiger partial charge is 0.224 e. The Bertz CT molecular complexity index is 573. The van der Waals surface area contributed by atoms with Crippen molar-refractivity contribution >= 4 is 30.7 Å².